The molecule has 0 aliphatic heterocycles. The fourth-order valence-corrected chi connectivity index (χ4v) is 2.32. The molecule has 3 rings (SSSR count). The zero-order valence-corrected chi connectivity index (χ0v) is 11.7. The normalized spacial score (nSPS) is 10.7. The van der Waals surface area contributed by atoms with Gasteiger partial charge in [0.15, 0.2) is 5.82 Å². The summed E-state index contributed by atoms with van der Waals surface area (Å²) < 4.78 is 1.83. The van der Waals surface area contributed by atoms with E-state index in [2.05, 4.69) is 39.8 Å². The molecule has 2 N–H and O–H groups in total. The van der Waals surface area contributed by atoms with E-state index in [0.29, 0.717) is 5.69 Å². The molecule has 0 bridgehead atoms. The van der Waals surface area contributed by atoms with Crippen LogP contribution in [0.3, 0.4) is 0 Å². The van der Waals surface area contributed by atoms with Crippen LogP contribution < -0.4 is 5.73 Å². The first-order chi connectivity index (χ1) is 10.3. The van der Waals surface area contributed by atoms with Crippen LogP contribution in [0.4, 0.5) is 5.69 Å². The van der Waals surface area contributed by atoms with E-state index in [1.807, 2.05) is 35.0 Å². The molecule has 1 aromatic heterocycles. The quantitative estimate of drug-likeness (QED) is 0.729. The number of tetrazole rings is 1. The second-order valence-electron chi connectivity index (χ2n) is 4.94. The number of nitrogens with zero attached hydrogens (tertiary/aromatic N) is 4. The molecule has 0 aliphatic carbocycles. The van der Waals surface area contributed by atoms with Crippen LogP contribution in [0.25, 0.3) is 11.4 Å². The molecule has 0 saturated heterocycles. The summed E-state index contributed by atoms with van der Waals surface area (Å²) in [5.41, 5.74) is 8.80. The van der Waals surface area contributed by atoms with Gasteiger partial charge in [-0.25, -0.2) is 4.68 Å². The number of nitrogen functional groups attached to an aromatic ring is 1. The van der Waals surface area contributed by atoms with Gasteiger partial charge in [-0.1, -0.05) is 42.5 Å². The van der Waals surface area contributed by atoms with Gasteiger partial charge < -0.3 is 5.73 Å². The Morgan fingerprint density at radius 3 is 2.67 bits per heavy atom. The summed E-state index contributed by atoms with van der Waals surface area (Å²) in [6.07, 6.45) is 2.00. The summed E-state index contributed by atoms with van der Waals surface area (Å²) in [7, 11) is 0. The Kier molecular flexibility index (Phi) is 3.91. The van der Waals surface area contributed by atoms with Crippen LogP contribution in [0.1, 0.15) is 12.0 Å². The third-order valence-corrected chi connectivity index (χ3v) is 3.35. The van der Waals surface area contributed by atoms with Crippen molar-refractivity contribution in [1.82, 2.24) is 20.2 Å². The van der Waals surface area contributed by atoms with Gasteiger partial charge in [0.25, 0.3) is 0 Å². The Morgan fingerprint density at radius 2 is 1.86 bits per heavy atom. The highest BCUT2D eigenvalue weighted by atomic mass is 15.5. The minimum Gasteiger partial charge on any atom is -0.399 e. The zero-order valence-electron chi connectivity index (χ0n) is 11.7. The van der Waals surface area contributed by atoms with Crippen LogP contribution >= 0.6 is 0 Å². The van der Waals surface area contributed by atoms with Crippen molar-refractivity contribution >= 4 is 5.69 Å². The summed E-state index contributed by atoms with van der Waals surface area (Å²) in [4.78, 5) is 0. The molecule has 0 unspecified atom stereocenters. The highest BCUT2D eigenvalue weighted by Gasteiger charge is 2.08. The molecule has 0 spiro atoms. The fourth-order valence-electron chi connectivity index (χ4n) is 2.32. The first-order valence-electron chi connectivity index (χ1n) is 6.99. The number of aryl methyl sites for hydroxylation is 2. The number of aromatic nitrogens is 4. The molecule has 106 valence electrons. The topological polar surface area (TPSA) is 69.6 Å². The third-order valence-electron chi connectivity index (χ3n) is 3.35. The molecular weight excluding hydrogens is 262 g/mol. The summed E-state index contributed by atoms with van der Waals surface area (Å²) in [5, 5.41) is 11.9. The second-order valence-corrected chi connectivity index (χ2v) is 4.94. The third kappa shape index (κ3) is 3.25. The number of anilines is 1. The standard InChI is InChI=1S/C16H17N5/c17-15-10-4-9-14(12-15)16-18-19-20-21(16)11-5-8-13-6-2-1-3-7-13/h1-4,6-7,9-10,12H,5,8,11,17H2. The van der Waals surface area contributed by atoms with Crippen molar-refractivity contribution in [2.24, 2.45) is 0 Å². The van der Waals surface area contributed by atoms with Crippen molar-refractivity contribution in [1.29, 1.82) is 0 Å². The van der Waals surface area contributed by atoms with E-state index in [4.69, 9.17) is 5.73 Å². The molecule has 0 saturated carbocycles. The predicted octanol–water partition coefficient (Wildman–Crippen LogP) is 2.56. The maximum absolute atomic E-state index is 5.81. The lowest BCUT2D eigenvalue weighted by Crippen LogP contribution is -2.04. The highest BCUT2D eigenvalue weighted by molar-refractivity contribution is 5.60. The average molecular weight is 279 g/mol. The molecule has 0 amide bonds. The van der Waals surface area contributed by atoms with E-state index in [0.717, 1.165) is 30.8 Å². The second kappa shape index (κ2) is 6.17. The van der Waals surface area contributed by atoms with E-state index in [-0.39, 0.29) is 0 Å². The first-order valence-corrected chi connectivity index (χ1v) is 6.99. The van der Waals surface area contributed by atoms with Crippen LogP contribution in [0.15, 0.2) is 54.6 Å². The van der Waals surface area contributed by atoms with Crippen molar-refractivity contribution in [3.63, 3.8) is 0 Å². The Labute approximate surface area is 123 Å². The highest BCUT2D eigenvalue weighted by Crippen LogP contribution is 2.18. The summed E-state index contributed by atoms with van der Waals surface area (Å²) in [5.74, 6) is 0.760. The number of benzene rings is 2. The molecule has 3 aromatic rings. The molecule has 0 atom stereocenters. The van der Waals surface area contributed by atoms with E-state index < -0.39 is 0 Å². The predicted molar refractivity (Wildman–Crippen MR) is 82.4 cm³/mol. The molecule has 0 fully saturated rings. The fraction of sp³-hybridized carbons (Fsp3) is 0.188. The van der Waals surface area contributed by atoms with Gasteiger partial charge in [0.1, 0.15) is 0 Å². The minimum atomic E-state index is 0.714. The SMILES string of the molecule is Nc1cccc(-c2nnnn2CCCc2ccccc2)c1. The summed E-state index contributed by atoms with van der Waals surface area (Å²) in [6.45, 7) is 0.784. The molecular formula is C16H17N5. The van der Waals surface area contributed by atoms with Crippen LogP contribution in [-0.4, -0.2) is 20.2 Å². The number of hydrogen-bond donors (Lipinski definition) is 1. The van der Waals surface area contributed by atoms with E-state index in [9.17, 15) is 0 Å². The Bertz CT molecular complexity index is 705. The Morgan fingerprint density at radius 1 is 1.00 bits per heavy atom. The average Bonchev–Trinajstić information content (AvgIpc) is 2.97. The van der Waals surface area contributed by atoms with Crippen molar-refractivity contribution in [3.8, 4) is 11.4 Å². The van der Waals surface area contributed by atoms with Crippen molar-refractivity contribution in [2.45, 2.75) is 19.4 Å². The Hall–Kier alpha value is -2.69. The number of rotatable bonds is 5. The first kappa shape index (κ1) is 13.3. The van der Waals surface area contributed by atoms with Crippen molar-refractivity contribution in [3.05, 3.63) is 60.2 Å². The van der Waals surface area contributed by atoms with Gasteiger partial charge in [-0.3, -0.25) is 0 Å². The summed E-state index contributed by atoms with van der Waals surface area (Å²) in [6, 6.07) is 18.0. The molecule has 5 heteroatoms. The van der Waals surface area contributed by atoms with Gasteiger partial charge in [0, 0.05) is 17.8 Å². The van der Waals surface area contributed by atoms with E-state index in [1.54, 1.807) is 0 Å². The largest absolute Gasteiger partial charge is 0.399 e. The van der Waals surface area contributed by atoms with Crippen LogP contribution in [0, 0.1) is 0 Å². The maximum atomic E-state index is 5.81. The number of hydrogen-bond acceptors (Lipinski definition) is 4. The Balaban J connectivity index is 1.69. The van der Waals surface area contributed by atoms with E-state index >= 15 is 0 Å². The van der Waals surface area contributed by atoms with Gasteiger partial charge in [-0.15, -0.1) is 5.10 Å². The van der Waals surface area contributed by atoms with E-state index in [1.165, 1.54) is 5.56 Å². The van der Waals surface area contributed by atoms with Gasteiger partial charge in [-0.2, -0.15) is 0 Å². The maximum Gasteiger partial charge on any atom is 0.182 e. The molecule has 0 radical (unpaired) electrons. The van der Waals surface area contributed by atoms with Gasteiger partial charge >= 0.3 is 0 Å². The summed E-state index contributed by atoms with van der Waals surface area (Å²) >= 11 is 0. The lowest BCUT2D eigenvalue weighted by Gasteiger charge is -2.05. The number of nitrogens with two attached hydrogens (primary N) is 1. The lowest BCUT2D eigenvalue weighted by molar-refractivity contribution is 0.563. The van der Waals surface area contributed by atoms with Gasteiger partial charge in [-0.05, 0) is 41.0 Å². The molecule has 5 nitrogen and oxygen atoms in total. The van der Waals surface area contributed by atoms with Crippen LogP contribution in [-0.2, 0) is 13.0 Å². The lowest BCUT2D eigenvalue weighted by atomic mass is 10.1. The molecule has 2 aromatic carbocycles. The van der Waals surface area contributed by atoms with Crippen LogP contribution in [0.5, 0.6) is 0 Å². The molecule has 0 aliphatic rings. The van der Waals surface area contributed by atoms with Crippen molar-refractivity contribution < 1.29 is 0 Å². The molecule has 21 heavy (non-hydrogen) atoms. The van der Waals surface area contributed by atoms with Crippen molar-refractivity contribution in [2.75, 3.05) is 5.73 Å². The minimum absolute atomic E-state index is 0.714. The van der Waals surface area contributed by atoms with Gasteiger partial charge in [0.2, 0.25) is 0 Å². The van der Waals surface area contributed by atoms with Crippen LogP contribution in [0.2, 0.25) is 0 Å². The molecule has 1 heterocycles. The zero-order chi connectivity index (χ0) is 14.5. The monoisotopic (exact) mass is 279 g/mol. The smallest absolute Gasteiger partial charge is 0.182 e. The van der Waals surface area contributed by atoms with Gasteiger partial charge in [0.05, 0.1) is 0 Å².